The van der Waals surface area contributed by atoms with Crippen LogP contribution in [-0.2, 0) is 6.54 Å². The van der Waals surface area contributed by atoms with E-state index in [0.717, 1.165) is 49.4 Å². The van der Waals surface area contributed by atoms with Gasteiger partial charge in [0.2, 0.25) is 0 Å². The lowest BCUT2D eigenvalue weighted by Crippen LogP contribution is -2.25. The second kappa shape index (κ2) is 7.84. The van der Waals surface area contributed by atoms with Crippen molar-refractivity contribution in [1.82, 2.24) is 5.32 Å². The molecule has 0 bridgehead atoms. The molecule has 2 N–H and O–H groups in total. The number of benzene rings is 1. The molecule has 1 aliphatic heterocycles. The number of hydrogen-bond acceptors (Lipinski definition) is 4. The number of aliphatic hydroxyl groups excluding tert-OH is 1. The predicted molar refractivity (Wildman–Crippen MR) is 86.3 cm³/mol. The quantitative estimate of drug-likeness (QED) is 0.794. The van der Waals surface area contributed by atoms with Gasteiger partial charge in [-0.25, -0.2) is 0 Å². The number of hydrogen-bond donors (Lipinski definition) is 2. The maximum atomic E-state index is 9.99. The van der Waals surface area contributed by atoms with Gasteiger partial charge in [-0.05, 0) is 44.2 Å². The van der Waals surface area contributed by atoms with E-state index in [-0.39, 0.29) is 6.10 Å². The monoisotopic (exact) mass is 305 g/mol. The van der Waals surface area contributed by atoms with E-state index in [4.69, 9.17) is 9.47 Å². The van der Waals surface area contributed by atoms with Crippen LogP contribution in [0.5, 0.6) is 11.5 Å². The molecule has 1 heterocycles. The highest BCUT2D eigenvalue weighted by Gasteiger charge is 2.22. The van der Waals surface area contributed by atoms with Gasteiger partial charge in [-0.3, -0.25) is 0 Å². The molecule has 3 rings (SSSR count). The lowest BCUT2D eigenvalue weighted by molar-refractivity contribution is 0.0643. The average Bonchev–Trinajstić information content (AvgIpc) is 2.56. The average molecular weight is 305 g/mol. The van der Waals surface area contributed by atoms with Crippen molar-refractivity contribution < 1.29 is 14.6 Å². The molecule has 1 aromatic rings. The van der Waals surface area contributed by atoms with E-state index < -0.39 is 0 Å². The molecule has 1 saturated carbocycles. The molecule has 1 aliphatic carbocycles. The molecule has 2 aliphatic rings. The maximum absolute atomic E-state index is 9.99. The first-order valence-electron chi connectivity index (χ1n) is 8.61. The highest BCUT2D eigenvalue weighted by atomic mass is 16.6. The summed E-state index contributed by atoms with van der Waals surface area (Å²) in [6, 6.07) is 6.07. The summed E-state index contributed by atoms with van der Waals surface area (Å²) in [6.07, 6.45) is 6.83. The van der Waals surface area contributed by atoms with Gasteiger partial charge in [-0.15, -0.1) is 0 Å². The fourth-order valence-corrected chi connectivity index (χ4v) is 3.51. The fraction of sp³-hybridized carbons (Fsp3) is 0.667. The maximum Gasteiger partial charge on any atom is 0.165 e. The van der Waals surface area contributed by atoms with Crippen LogP contribution >= 0.6 is 0 Å². The fourth-order valence-electron chi connectivity index (χ4n) is 3.51. The summed E-state index contributed by atoms with van der Waals surface area (Å²) in [5, 5.41) is 13.5. The summed E-state index contributed by atoms with van der Waals surface area (Å²) >= 11 is 0. The van der Waals surface area contributed by atoms with Crippen LogP contribution in [0, 0.1) is 5.92 Å². The molecular weight excluding hydrogens is 278 g/mol. The smallest absolute Gasteiger partial charge is 0.165 e. The summed E-state index contributed by atoms with van der Waals surface area (Å²) in [5.41, 5.74) is 1.16. The van der Waals surface area contributed by atoms with Crippen molar-refractivity contribution in [3.05, 3.63) is 23.8 Å². The Balaban J connectivity index is 1.40. The van der Waals surface area contributed by atoms with E-state index in [1.165, 1.54) is 19.3 Å². The molecule has 4 heteroatoms. The van der Waals surface area contributed by atoms with Gasteiger partial charge in [0.1, 0.15) is 13.2 Å². The Bertz CT molecular complexity index is 477. The zero-order valence-electron chi connectivity index (χ0n) is 13.2. The van der Waals surface area contributed by atoms with Crippen LogP contribution in [-0.4, -0.2) is 31.0 Å². The molecule has 0 radical (unpaired) electrons. The normalized spacial score (nSPS) is 24.2. The topological polar surface area (TPSA) is 50.7 Å². The number of nitrogens with one attached hydrogen (secondary N) is 1. The van der Waals surface area contributed by atoms with E-state index in [2.05, 4.69) is 11.4 Å². The minimum atomic E-state index is -0.0690. The zero-order chi connectivity index (χ0) is 15.2. The van der Waals surface area contributed by atoms with E-state index >= 15 is 0 Å². The van der Waals surface area contributed by atoms with Crippen LogP contribution in [0.15, 0.2) is 18.2 Å². The minimum Gasteiger partial charge on any atom is -0.486 e. The van der Waals surface area contributed by atoms with Crippen molar-refractivity contribution in [2.45, 2.75) is 51.2 Å². The van der Waals surface area contributed by atoms with Crippen molar-refractivity contribution in [3.8, 4) is 11.5 Å². The third-order valence-electron chi connectivity index (χ3n) is 4.76. The first-order chi connectivity index (χ1) is 10.8. The number of para-hydroxylation sites is 1. The third-order valence-corrected chi connectivity index (χ3v) is 4.76. The van der Waals surface area contributed by atoms with E-state index in [1.54, 1.807) is 0 Å². The van der Waals surface area contributed by atoms with Crippen LogP contribution in [0.3, 0.4) is 0 Å². The van der Waals surface area contributed by atoms with Crippen LogP contribution in [0.1, 0.15) is 44.1 Å². The van der Waals surface area contributed by atoms with Crippen LogP contribution in [0.2, 0.25) is 0 Å². The number of ether oxygens (including phenoxy) is 2. The zero-order valence-corrected chi connectivity index (χ0v) is 13.2. The van der Waals surface area contributed by atoms with Gasteiger partial charge in [-0.1, -0.05) is 25.0 Å². The standard InChI is InChI=1S/C18H27NO3/c20-16-8-2-1-5-14(16)7-4-10-19-13-15-6-3-9-17-18(15)22-12-11-21-17/h3,6,9,14,16,19-20H,1-2,4-5,7-8,10-13H2. The summed E-state index contributed by atoms with van der Waals surface area (Å²) in [7, 11) is 0. The van der Waals surface area contributed by atoms with Crippen molar-refractivity contribution in [3.63, 3.8) is 0 Å². The lowest BCUT2D eigenvalue weighted by atomic mass is 9.83. The number of fused-ring (bicyclic) bond motifs is 1. The van der Waals surface area contributed by atoms with E-state index in [0.29, 0.717) is 19.1 Å². The molecular formula is C18H27NO3. The van der Waals surface area contributed by atoms with Gasteiger partial charge < -0.3 is 19.9 Å². The lowest BCUT2D eigenvalue weighted by Gasteiger charge is -2.27. The highest BCUT2D eigenvalue weighted by molar-refractivity contribution is 5.47. The van der Waals surface area contributed by atoms with Crippen molar-refractivity contribution in [2.24, 2.45) is 5.92 Å². The molecule has 0 aromatic heterocycles. The Morgan fingerprint density at radius 2 is 2.00 bits per heavy atom. The minimum absolute atomic E-state index is 0.0690. The number of rotatable bonds is 6. The summed E-state index contributed by atoms with van der Waals surface area (Å²) < 4.78 is 11.3. The first-order valence-corrected chi connectivity index (χ1v) is 8.61. The Morgan fingerprint density at radius 3 is 2.91 bits per heavy atom. The molecule has 2 unspecified atom stereocenters. The molecule has 1 aromatic carbocycles. The molecule has 122 valence electrons. The second-order valence-corrected chi connectivity index (χ2v) is 6.37. The molecule has 22 heavy (non-hydrogen) atoms. The Hall–Kier alpha value is -1.26. The van der Waals surface area contributed by atoms with Crippen molar-refractivity contribution >= 4 is 0 Å². The SMILES string of the molecule is OC1CCCCC1CCCNCc1cccc2c1OCCO2. The van der Waals surface area contributed by atoms with Gasteiger partial charge >= 0.3 is 0 Å². The highest BCUT2D eigenvalue weighted by Crippen LogP contribution is 2.33. The van der Waals surface area contributed by atoms with Gasteiger partial charge in [0.25, 0.3) is 0 Å². The predicted octanol–water partition coefficient (Wildman–Crippen LogP) is 2.88. The molecule has 0 saturated heterocycles. The molecule has 1 fully saturated rings. The van der Waals surface area contributed by atoms with Gasteiger partial charge in [0.15, 0.2) is 11.5 Å². The molecule has 2 atom stereocenters. The second-order valence-electron chi connectivity index (χ2n) is 6.37. The molecule has 4 nitrogen and oxygen atoms in total. The summed E-state index contributed by atoms with van der Waals surface area (Å²) in [4.78, 5) is 0. The molecule has 0 spiro atoms. The summed E-state index contributed by atoms with van der Waals surface area (Å²) in [5.74, 6) is 2.26. The van der Waals surface area contributed by atoms with Crippen molar-refractivity contribution in [2.75, 3.05) is 19.8 Å². The van der Waals surface area contributed by atoms with Gasteiger partial charge in [-0.2, -0.15) is 0 Å². The van der Waals surface area contributed by atoms with E-state index in [9.17, 15) is 5.11 Å². The van der Waals surface area contributed by atoms with Gasteiger partial charge in [0, 0.05) is 12.1 Å². The Labute approximate surface area is 132 Å². The number of aliphatic hydroxyl groups is 1. The summed E-state index contributed by atoms with van der Waals surface area (Å²) in [6.45, 7) is 3.05. The van der Waals surface area contributed by atoms with E-state index in [1.807, 2.05) is 12.1 Å². The van der Waals surface area contributed by atoms with Crippen LogP contribution in [0.25, 0.3) is 0 Å². The largest absolute Gasteiger partial charge is 0.486 e. The first kappa shape index (κ1) is 15.6. The third kappa shape index (κ3) is 3.93. The van der Waals surface area contributed by atoms with Gasteiger partial charge in [0.05, 0.1) is 6.10 Å². The molecule has 0 amide bonds. The van der Waals surface area contributed by atoms with Crippen LogP contribution in [0.4, 0.5) is 0 Å². The van der Waals surface area contributed by atoms with Crippen molar-refractivity contribution in [1.29, 1.82) is 0 Å². The Morgan fingerprint density at radius 1 is 1.14 bits per heavy atom. The Kier molecular flexibility index (Phi) is 5.57. The van der Waals surface area contributed by atoms with Crippen LogP contribution < -0.4 is 14.8 Å².